The van der Waals surface area contributed by atoms with Gasteiger partial charge < -0.3 is 19.9 Å². The zero-order chi connectivity index (χ0) is 24.7. The van der Waals surface area contributed by atoms with Crippen LogP contribution >= 0.6 is 0 Å². The molecule has 1 aliphatic rings. The zero-order valence-electron chi connectivity index (χ0n) is 19.5. The molecule has 1 saturated heterocycles. The van der Waals surface area contributed by atoms with Gasteiger partial charge in [0.25, 0.3) is 5.91 Å². The first-order valence-electron chi connectivity index (χ1n) is 11.1. The van der Waals surface area contributed by atoms with Crippen molar-refractivity contribution in [2.24, 2.45) is 0 Å². The van der Waals surface area contributed by atoms with E-state index >= 15 is 0 Å². The lowest BCUT2D eigenvalue weighted by atomic mass is 9.81. The predicted molar refractivity (Wildman–Crippen MR) is 122 cm³/mol. The van der Waals surface area contributed by atoms with E-state index in [1.165, 1.54) is 18.3 Å². The summed E-state index contributed by atoms with van der Waals surface area (Å²) < 4.78 is 37.1. The van der Waals surface area contributed by atoms with Crippen LogP contribution in [0.15, 0.2) is 36.5 Å². The largest absolute Gasteiger partial charge is 0.435 e. The molecule has 3 heterocycles. The smallest absolute Gasteiger partial charge is 0.387 e. The zero-order valence-corrected chi connectivity index (χ0v) is 19.5. The first kappa shape index (κ1) is 24.0. The lowest BCUT2D eigenvalue weighted by Gasteiger charge is -2.39. The number of amides is 1. The third-order valence-corrected chi connectivity index (χ3v) is 6.18. The summed E-state index contributed by atoms with van der Waals surface area (Å²) in [6.45, 7) is 4.90. The van der Waals surface area contributed by atoms with Gasteiger partial charge >= 0.3 is 6.61 Å². The minimum absolute atomic E-state index is 0.0199. The van der Waals surface area contributed by atoms with Gasteiger partial charge in [0, 0.05) is 24.4 Å². The average Bonchev–Trinajstić information content (AvgIpc) is 3.38. The monoisotopic (exact) mass is 474 g/mol. The lowest BCUT2D eigenvalue weighted by Crippen LogP contribution is -2.62. The Morgan fingerprint density at radius 3 is 2.71 bits per heavy atom. The third-order valence-electron chi connectivity index (χ3n) is 6.18. The minimum atomic E-state index is -2.93. The molecule has 3 aromatic rings. The highest BCUT2D eigenvalue weighted by atomic mass is 19.3. The van der Waals surface area contributed by atoms with Crippen molar-refractivity contribution in [3.63, 3.8) is 0 Å². The van der Waals surface area contributed by atoms with E-state index in [1.54, 1.807) is 36.7 Å². The summed E-state index contributed by atoms with van der Waals surface area (Å²) in [4.78, 5) is 17.7. The molecule has 0 radical (unpaired) electrons. The number of benzene rings is 1. The van der Waals surface area contributed by atoms with E-state index in [2.05, 4.69) is 20.1 Å². The predicted octanol–water partition coefficient (Wildman–Crippen LogP) is 3.94. The number of nitrogens with one attached hydrogen (secondary N) is 1. The number of hydrogen-bond donors (Lipinski definition) is 2. The van der Waals surface area contributed by atoms with Crippen molar-refractivity contribution in [2.75, 3.05) is 13.2 Å². The van der Waals surface area contributed by atoms with Crippen molar-refractivity contribution in [1.82, 2.24) is 20.1 Å². The number of nitrogens with zero attached hydrogens (tertiary/aromatic N) is 3. The Balaban J connectivity index is 1.73. The maximum absolute atomic E-state index is 13.2. The normalized spacial score (nSPS) is 18.7. The topological polar surface area (TPSA) is 98.5 Å². The van der Waals surface area contributed by atoms with Gasteiger partial charge in [-0.25, -0.2) is 0 Å². The molecule has 34 heavy (non-hydrogen) atoms. The van der Waals surface area contributed by atoms with Gasteiger partial charge in [-0.05, 0) is 52.3 Å². The van der Waals surface area contributed by atoms with E-state index in [1.807, 2.05) is 13.8 Å². The van der Waals surface area contributed by atoms with Crippen LogP contribution in [0.4, 0.5) is 8.78 Å². The second-order valence-electron chi connectivity index (χ2n) is 9.28. The summed E-state index contributed by atoms with van der Waals surface area (Å²) in [6.07, 6.45) is 1.93. The number of aliphatic hydroxyl groups is 1. The van der Waals surface area contributed by atoms with Crippen LogP contribution in [0, 0.1) is 0 Å². The van der Waals surface area contributed by atoms with Crippen molar-refractivity contribution in [3.8, 4) is 17.0 Å². The van der Waals surface area contributed by atoms with Crippen LogP contribution in [-0.2, 0) is 4.74 Å². The molecular formula is C24H28F2N4O4. The SMILES string of the molecule is CC(C)n1nc(-c2cccc(OC(F)F)c2)c2ncc(C(=O)N[C@]3(C(C)(C)O)CCOC3)cc21. The Kier molecular flexibility index (Phi) is 6.30. The summed E-state index contributed by atoms with van der Waals surface area (Å²) >= 11 is 0. The summed E-state index contributed by atoms with van der Waals surface area (Å²) in [5, 5.41) is 18.3. The molecule has 1 amide bonds. The van der Waals surface area contributed by atoms with E-state index in [4.69, 9.17) is 4.74 Å². The van der Waals surface area contributed by atoms with Crippen molar-refractivity contribution < 1.29 is 28.2 Å². The van der Waals surface area contributed by atoms with Crippen molar-refractivity contribution in [3.05, 3.63) is 42.1 Å². The van der Waals surface area contributed by atoms with E-state index in [0.717, 1.165) is 0 Å². The number of alkyl halides is 2. The summed E-state index contributed by atoms with van der Waals surface area (Å²) in [6, 6.07) is 7.91. The van der Waals surface area contributed by atoms with Crippen LogP contribution < -0.4 is 10.1 Å². The fraction of sp³-hybridized carbons (Fsp3) is 0.458. The van der Waals surface area contributed by atoms with Crippen LogP contribution in [0.5, 0.6) is 5.75 Å². The van der Waals surface area contributed by atoms with E-state index in [-0.39, 0.29) is 24.3 Å². The molecule has 1 aliphatic heterocycles. The molecule has 1 fully saturated rings. The van der Waals surface area contributed by atoms with Crippen LogP contribution in [-0.4, -0.2) is 56.7 Å². The van der Waals surface area contributed by atoms with Crippen molar-refractivity contribution in [1.29, 1.82) is 0 Å². The number of rotatable bonds is 7. The highest BCUT2D eigenvalue weighted by Gasteiger charge is 2.48. The summed E-state index contributed by atoms with van der Waals surface area (Å²) in [7, 11) is 0. The number of carbonyl (C=O) groups is 1. The number of carbonyl (C=O) groups excluding carboxylic acids is 1. The number of aromatic nitrogens is 3. The Morgan fingerprint density at radius 1 is 1.32 bits per heavy atom. The fourth-order valence-electron chi connectivity index (χ4n) is 4.14. The van der Waals surface area contributed by atoms with Gasteiger partial charge in [-0.15, -0.1) is 0 Å². The van der Waals surface area contributed by atoms with E-state index in [9.17, 15) is 18.7 Å². The third kappa shape index (κ3) is 4.47. The van der Waals surface area contributed by atoms with Gasteiger partial charge in [0.05, 0.1) is 28.8 Å². The van der Waals surface area contributed by atoms with Crippen molar-refractivity contribution in [2.45, 2.75) is 57.9 Å². The van der Waals surface area contributed by atoms with Gasteiger partial charge in [-0.3, -0.25) is 14.5 Å². The number of fused-ring (bicyclic) bond motifs is 1. The number of halogens is 2. The molecule has 10 heteroatoms. The Bertz CT molecular complexity index is 1200. The Morgan fingerprint density at radius 2 is 2.09 bits per heavy atom. The fourth-order valence-corrected chi connectivity index (χ4v) is 4.14. The molecule has 0 unspecified atom stereocenters. The molecule has 4 rings (SSSR count). The van der Waals surface area contributed by atoms with Crippen molar-refractivity contribution >= 4 is 16.9 Å². The molecular weight excluding hydrogens is 446 g/mol. The lowest BCUT2D eigenvalue weighted by molar-refractivity contribution is -0.0498. The van der Waals surface area contributed by atoms with Gasteiger partial charge in [-0.1, -0.05) is 12.1 Å². The molecule has 0 spiro atoms. The maximum Gasteiger partial charge on any atom is 0.387 e. The average molecular weight is 475 g/mol. The van der Waals surface area contributed by atoms with Gasteiger partial charge in [-0.2, -0.15) is 13.9 Å². The molecule has 1 aromatic carbocycles. The molecule has 2 aromatic heterocycles. The second kappa shape index (κ2) is 8.92. The van der Waals surface area contributed by atoms with E-state index in [0.29, 0.717) is 40.9 Å². The number of pyridine rings is 1. The van der Waals surface area contributed by atoms with Crippen LogP contribution in [0.3, 0.4) is 0 Å². The van der Waals surface area contributed by atoms with Crippen LogP contribution in [0.1, 0.15) is 50.5 Å². The maximum atomic E-state index is 13.2. The minimum Gasteiger partial charge on any atom is -0.435 e. The highest BCUT2D eigenvalue weighted by Crippen LogP contribution is 2.33. The molecule has 0 bridgehead atoms. The first-order valence-corrected chi connectivity index (χ1v) is 11.1. The highest BCUT2D eigenvalue weighted by molar-refractivity contribution is 5.99. The molecule has 0 saturated carbocycles. The molecule has 182 valence electrons. The molecule has 0 aliphatic carbocycles. The summed E-state index contributed by atoms with van der Waals surface area (Å²) in [5.41, 5.74) is 0.427. The molecule has 2 N–H and O–H groups in total. The Labute approximate surface area is 195 Å². The number of hydrogen-bond acceptors (Lipinski definition) is 6. The van der Waals surface area contributed by atoms with Crippen LogP contribution in [0.25, 0.3) is 22.3 Å². The van der Waals surface area contributed by atoms with Gasteiger partial charge in [0.2, 0.25) is 0 Å². The quantitative estimate of drug-likeness (QED) is 0.538. The van der Waals surface area contributed by atoms with Crippen LogP contribution in [0.2, 0.25) is 0 Å². The molecule has 8 nitrogen and oxygen atoms in total. The van der Waals surface area contributed by atoms with Gasteiger partial charge in [0.1, 0.15) is 17.0 Å². The molecule has 1 atom stereocenters. The van der Waals surface area contributed by atoms with Gasteiger partial charge in [0.15, 0.2) is 0 Å². The van der Waals surface area contributed by atoms with E-state index < -0.39 is 17.8 Å². The second-order valence-corrected chi connectivity index (χ2v) is 9.28. The first-order chi connectivity index (χ1) is 16.0. The Hall–Kier alpha value is -3.11. The number of ether oxygens (including phenoxy) is 2. The standard InChI is InChI=1S/C24H28F2N4O4/c1-14(2)30-18-11-16(21(31)28-24(23(3,4)32)8-9-33-13-24)12-27-20(18)19(29-30)15-6-5-7-17(10-15)34-22(25)26/h5-7,10-12,14,22,32H,8-9,13H2,1-4H3,(H,28,31)/t24-/m1/s1. The summed E-state index contributed by atoms with van der Waals surface area (Å²) in [5.74, 6) is -0.362.